The molecular weight excluding hydrogens is 419 g/mol. The molecule has 3 rings (SSSR count). The first-order valence-corrected chi connectivity index (χ1v) is 11.6. The Morgan fingerprint density at radius 2 is 1.69 bits per heavy atom. The zero-order valence-corrected chi connectivity index (χ0v) is 16.7. The lowest BCUT2D eigenvalue weighted by atomic mass is 10.2. The van der Waals surface area contributed by atoms with Gasteiger partial charge < -0.3 is 0 Å². The van der Waals surface area contributed by atoms with Gasteiger partial charge in [-0.2, -0.15) is 0 Å². The van der Waals surface area contributed by atoms with Crippen LogP contribution in [0.4, 0.5) is 11.4 Å². The summed E-state index contributed by atoms with van der Waals surface area (Å²) < 4.78 is 53.0. The van der Waals surface area contributed by atoms with Crippen LogP contribution in [-0.4, -0.2) is 29.1 Å². The van der Waals surface area contributed by atoms with E-state index in [1.807, 2.05) is 0 Å². The zero-order chi connectivity index (χ0) is 18.9. The first-order chi connectivity index (χ1) is 12.2. The lowest BCUT2D eigenvalue weighted by Crippen LogP contribution is -2.37. The quantitative estimate of drug-likeness (QED) is 0.794. The molecule has 0 radical (unpaired) electrons. The van der Waals surface area contributed by atoms with Crippen molar-refractivity contribution in [2.24, 2.45) is 0 Å². The fraction of sp³-hybridized carbons (Fsp3) is 0.250. The SMILES string of the molecule is O=S(=O)(Nc1ccc(N2CCCCS2(=O)=O)cc1)c1cc(Cl)ccc1Cl. The minimum atomic E-state index is -3.93. The Balaban J connectivity index is 1.84. The van der Waals surface area contributed by atoms with Gasteiger partial charge in [0.2, 0.25) is 10.0 Å². The molecule has 0 amide bonds. The topological polar surface area (TPSA) is 83.6 Å². The molecule has 0 unspecified atom stereocenters. The third kappa shape index (κ3) is 4.09. The Hall–Kier alpha value is -1.48. The molecule has 0 aromatic heterocycles. The van der Waals surface area contributed by atoms with Crippen LogP contribution in [0.3, 0.4) is 0 Å². The van der Waals surface area contributed by atoms with E-state index >= 15 is 0 Å². The molecule has 140 valence electrons. The van der Waals surface area contributed by atoms with Crippen molar-refractivity contribution in [3.05, 3.63) is 52.5 Å². The van der Waals surface area contributed by atoms with Crippen LogP contribution < -0.4 is 9.03 Å². The van der Waals surface area contributed by atoms with Gasteiger partial charge in [-0.3, -0.25) is 9.03 Å². The maximum absolute atomic E-state index is 12.5. The summed E-state index contributed by atoms with van der Waals surface area (Å²) in [7, 11) is -7.24. The maximum atomic E-state index is 12.5. The molecule has 0 saturated carbocycles. The summed E-state index contributed by atoms with van der Waals surface area (Å²) in [5.41, 5.74) is 0.799. The molecule has 1 saturated heterocycles. The van der Waals surface area contributed by atoms with Crippen LogP contribution in [0.1, 0.15) is 12.8 Å². The number of anilines is 2. The minimum absolute atomic E-state index is 0.0536. The highest BCUT2D eigenvalue weighted by Gasteiger charge is 2.26. The lowest BCUT2D eigenvalue weighted by molar-refractivity contribution is 0.574. The highest BCUT2D eigenvalue weighted by atomic mass is 35.5. The van der Waals surface area contributed by atoms with Gasteiger partial charge in [-0.25, -0.2) is 16.8 Å². The number of nitrogens with one attached hydrogen (secondary N) is 1. The van der Waals surface area contributed by atoms with Gasteiger partial charge in [0.1, 0.15) is 4.90 Å². The van der Waals surface area contributed by atoms with Crippen LogP contribution >= 0.6 is 23.2 Å². The average molecular weight is 435 g/mol. The maximum Gasteiger partial charge on any atom is 0.263 e. The van der Waals surface area contributed by atoms with Gasteiger partial charge in [-0.1, -0.05) is 23.2 Å². The van der Waals surface area contributed by atoms with Crippen molar-refractivity contribution in [2.75, 3.05) is 21.3 Å². The monoisotopic (exact) mass is 434 g/mol. The molecule has 1 heterocycles. The number of nitrogens with zero attached hydrogens (tertiary/aromatic N) is 1. The summed E-state index contributed by atoms with van der Waals surface area (Å²) in [4.78, 5) is -0.130. The molecule has 0 bridgehead atoms. The minimum Gasteiger partial charge on any atom is -0.280 e. The van der Waals surface area contributed by atoms with Crippen LogP contribution in [0, 0.1) is 0 Å². The largest absolute Gasteiger partial charge is 0.280 e. The molecule has 0 aliphatic carbocycles. The molecule has 1 N–H and O–H groups in total. The van der Waals surface area contributed by atoms with Crippen molar-refractivity contribution in [2.45, 2.75) is 17.7 Å². The van der Waals surface area contributed by atoms with Crippen molar-refractivity contribution < 1.29 is 16.8 Å². The molecule has 0 atom stereocenters. The summed E-state index contributed by atoms with van der Waals surface area (Å²) in [6.45, 7) is 0.422. The molecule has 0 spiro atoms. The number of halogens is 2. The Morgan fingerprint density at radius 3 is 2.35 bits per heavy atom. The van der Waals surface area contributed by atoms with E-state index in [2.05, 4.69) is 4.72 Å². The molecule has 1 aliphatic heterocycles. The second-order valence-electron chi connectivity index (χ2n) is 5.82. The van der Waals surface area contributed by atoms with E-state index in [1.54, 1.807) is 12.1 Å². The molecule has 26 heavy (non-hydrogen) atoms. The Kier molecular flexibility index (Phi) is 5.39. The predicted octanol–water partition coefficient (Wildman–Crippen LogP) is 3.72. The van der Waals surface area contributed by atoms with E-state index in [1.165, 1.54) is 34.6 Å². The number of rotatable bonds is 4. The van der Waals surface area contributed by atoms with Crippen molar-refractivity contribution in [1.29, 1.82) is 0 Å². The van der Waals surface area contributed by atoms with Crippen LogP contribution in [0.5, 0.6) is 0 Å². The highest BCUT2D eigenvalue weighted by molar-refractivity contribution is 7.93. The summed E-state index contributed by atoms with van der Waals surface area (Å²) in [5, 5.41) is 0.304. The van der Waals surface area contributed by atoms with Crippen molar-refractivity contribution in [1.82, 2.24) is 0 Å². The van der Waals surface area contributed by atoms with Gasteiger partial charge in [-0.15, -0.1) is 0 Å². The van der Waals surface area contributed by atoms with Crippen molar-refractivity contribution in [3.63, 3.8) is 0 Å². The van der Waals surface area contributed by atoms with E-state index in [0.29, 0.717) is 24.3 Å². The standard InChI is InChI=1S/C16H16Cl2N2O4S2/c17-12-3-8-15(18)16(11-12)26(23,24)19-13-4-6-14(7-5-13)20-9-1-2-10-25(20,21)22/h3-8,11,19H,1-2,9-10H2. The number of sulfonamides is 2. The Bertz CT molecular complexity index is 1020. The summed E-state index contributed by atoms with van der Waals surface area (Å²) in [6.07, 6.45) is 1.44. The Morgan fingerprint density at radius 1 is 1.00 bits per heavy atom. The van der Waals surface area contributed by atoms with Gasteiger partial charge in [0.05, 0.1) is 16.5 Å². The summed E-state index contributed by atoms with van der Waals surface area (Å²) >= 11 is 11.8. The third-order valence-corrected chi connectivity index (χ3v) is 7.91. The molecule has 6 nitrogen and oxygen atoms in total. The van der Waals surface area contributed by atoms with Crippen LogP contribution in [-0.2, 0) is 20.0 Å². The average Bonchev–Trinajstić information content (AvgIpc) is 2.57. The zero-order valence-electron chi connectivity index (χ0n) is 13.5. The predicted molar refractivity (Wildman–Crippen MR) is 104 cm³/mol. The normalized spacial score (nSPS) is 17.1. The van der Waals surface area contributed by atoms with Gasteiger partial charge in [-0.05, 0) is 55.3 Å². The molecule has 2 aromatic rings. The van der Waals surface area contributed by atoms with Gasteiger partial charge in [0, 0.05) is 17.3 Å². The third-order valence-electron chi connectivity index (χ3n) is 3.94. The van der Waals surface area contributed by atoms with Crippen LogP contribution in [0.2, 0.25) is 10.0 Å². The van der Waals surface area contributed by atoms with Crippen LogP contribution in [0.15, 0.2) is 47.4 Å². The molecule has 10 heteroatoms. The molecule has 1 aliphatic rings. The van der Waals surface area contributed by atoms with E-state index in [4.69, 9.17) is 23.2 Å². The Labute approximate surface area is 162 Å². The van der Waals surface area contributed by atoms with E-state index in [9.17, 15) is 16.8 Å². The first-order valence-electron chi connectivity index (χ1n) is 7.77. The van der Waals surface area contributed by atoms with Gasteiger partial charge in [0.15, 0.2) is 0 Å². The molecule has 2 aromatic carbocycles. The van der Waals surface area contributed by atoms with Crippen molar-refractivity contribution in [3.8, 4) is 0 Å². The second kappa shape index (κ2) is 7.26. The smallest absolute Gasteiger partial charge is 0.263 e. The van der Waals surface area contributed by atoms with Crippen LogP contribution in [0.25, 0.3) is 0 Å². The number of benzene rings is 2. The lowest BCUT2D eigenvalue weighted by Gasteiger charge is -2.28. The summed E-state index contributed by atoms with van der Waals surface area (Å²) in [5.74, 6) is 0.120. The van der Waals surface area contributed by atoms with Gasteiger partial charge >= 0.3 is 0 Å². The number of hydrogen-bond donors (Lipinski definition) is 1. The van der Waals surface area contributed by atoms with Crippen molar-refractivity contribution >= 4 is 54.6 Å². The fourth-order valence-electron chi connectivity index (χ4n) is 2.67. The highest BCUT2D eigenvalue weighted by Crippen LogP contribution is 2.28. The number of hydrogen-bond acceptors (Lipinski definition) is 4. The summed E-state index contributed by atoms with van der Waals surface area (Å²) in [6, 6.07) is 10.3. The van der Waals surface area contributed by atoms with E-state index in [0.717, 1.165) is 6.42 Å². The second-order valence-corrected chi connectivity index (χ2v) is 10.3. The van der Waals surface area contributed by atoms with E-state index in [-0.39, 0.29) is 20.7 Å². The van der Waals surface area contributed by atoms with Gasteiger partial charge in [0.25, 0.3) is 10.0 Å². The fourth-order valence-corrected chi connectivity index (χ4v) is 6.13. The molecule has 1 fully saturated rings. The van der Waals surface area contributed by atoms with E-state index < -0.39 is 20.0 Å². The molecular formula is C16H16Cl2N2O4S2. The first kappa shape index (κ1) is 19.3.